The van der Waals surface area contributed by atoms with Gasteiger partial charge in [-0.25, -0.2) is 0 Å². The summed E-state index contributed by atoms with van der Waals surface area (Å²) in [4.78, 5) is 24.2. The number of benzene rings is 1. The fraction of sp³-hybridized carbons (Fsp3) is 0.294. The second-order valence-electron chi connectivity index (χ2n) is 5.28. The van der Waals surface area contributed by atoms with Gasteiger partial charge in [0.1, 0.15) is 12.7 Å². The smallest absolute Gasteiger partial charge is 0.261 e. The Balaban J connectivity index is 1.35. The fourth-order valence-corrected chi connectivity index (χ4v) is 2.90. The normalized spacial score (nSPS) is 15.6. The summed E-state index contributed by atoms with van der Waals surface area (Å²) in [7, 11) is 0. The molecule has 0 spiro atoms. The van der Waals surface area contributed by atoms with Crippen LogP contribution in [0.4, 0.5) is 0 Å². The van der Waals surface area contributed by atoms with Crippen LogP contribution in [0.3, 0.4) is 0 Å². The van der Waals surface area contributed by atoms with Gasteiger partial charge in [0, 0.05) is 13.0 Å². The molecular formula is C17H18N2O4S. The Morgan fingerprint density at radius 3 is 2.75 bits per heavy atom. The summed E-state index contributed by atoms with van der Waals surface area (Å²) in [5, 5.41) is 7.36. The van der Waals surface area contributed by atoms with Crippen LogP contribution in [0.2, 0.25) is 0 Å². The Bertz CT molecular complexity index is 702. The quantitative estimate of drug-likeness (QED) is 0.837. The van der Waals surface area contributed by atoms with Crippen molar-refractivity contribution < 1.29 is 19.1 Å². The number of hydrogen-bond donors (Lipinski definition) is 2. The van der Waals surface area contributed by atoms with Gasteiger partial charge in [-0.2, -0.15) is 0 Å². The molecule has 0 saturated carbocycles. The third kappa shape index (κ3) is 4.26. The van der Waals surface area contributed by atoms with Crippen molar-refractivity contribution in [2.24, 2.45) is 0 Å². The number of thiophene rings is 1. The number of ether oxygens (including phenoxy) is 2. The van der Waals surface area contributed by atoms with Crippen LogP contribution in [-0.2, 0) is 4.79 Å². The van der Waals surface area contributed by atoms with E-state index in [2.05, 4.69) is 10.6 Å². The van der Waals surface area contributed by atoms with Crippen LogP contribution in [0, 0.1) is 0 Å². The first kappa shape index (κ1) is 16.3. The molecule has 1 aromatic carbocycles. The summed E-state index contributed by atoms with van der Waals surface area (Å²) in [5.74, 6) is 1.12. The zero-order chi connectivity index (χ0) is 16.8. The van der Waals surface area contributed by atoms with Crippen LogP contribution >= 0.6 is 11.3 Å². The van der Waals surface area contributed by atoms with E-state index >= 15 is 0 Å². The molecule has 0 aliphatic carbocycles. The predicted octanol–water partition coefficient (Wildman–Crippen LogP) is 1.82. The number of nitrogens with one attached hydrogen (secondary N) is 2. The number of amides is 2. The van der Waals surface area contributed by atoms with Gasteiger partial charge in [0.05, 0.1) is 11.4 Å². The number of fused-ring (bicyclic) bond motifs is 1. The number of para-hydroxylation sites is 2. The molecule has 24 heavy (non-hydrogen) atoms. The molecule has 126 valence electrons. The van der Waals surface area contributed by atoms with Gasteiger partial charge >= 0.3 is 0 Å². The van der Waals surface area contributed by atoms with E-state index in [0.29, 0.717) is 30.3 Å². The van der Waals surface area contributed by atoms with Crippen molar-refractivity contribution in [2.45, 2.75) is 12.5 Å². The molecule has 2 amide bonds. The van der Waals surface area contributed by atoms with Crippen molar-refractivity contribution in [3.63, 3.8) is 0 Å². The first-order valence-corrected chi connectivity index (χ1v) is 8.57. The molecule has 1 aromatic heterocycles. The lowest BCUT2D eigenvalue weighted by atomic mass is 10.2. The Hall–Kier alpha value is -2.54. The van der Waals surface area contributed by atoms with Crippen LogP contribution < -0.4 is 20.1 Å². The standard InChI is InChI=1S/C17H18N2O4S/c20-16(7-8-18-17(21)15-6-3-9-24-15)19-10-12-11-22-13-4-1-2-5-14(13)23-12/h1-6,9,12H,7-8,10-11H2,(H,18,21)(H,19,20)/t12-/m1/s1. The lowest BCUT2D eigenvalue weighted by Crippen LogP contribution is -2.41. The molecule has 2 N–H and O–H groups in total. The van der Waals surface area contributed by atoms with Gasteiger partial charge in [0.2, 0.25) is 5.91 Å². The summed E-state index contributed by atoms with van der Waals surface area (Å²) >= 11 is 1.37. The van der Waals surface area contributed by atoms with Crippen LogP contribution in [0.25, 0.3) is 0 Å². The number of hydrogen-bond acceptors (Lipinski definition) is 5. The molecule has 0 fully saturated rings. The average molecular weight is 346 g/mol. The third-order valence-electron chi connectivity index (χ3n) is 3.48. The highest BCUT2D eigenvalue weighted by Crippen LogP contribution is 2.30. The van der Waals surface area contributed by atoms with Crippen molar-refractivity contribution in [1.82, 2.24) is 10.6 Å². The summed E-state index contributed by atoms with van der Waals surface area (Å²) in [6.45, 7) is 1.06. The molecule has 2 aromatic rings. The lowest BCUT2D eigenvalue weighted by molar-refractivity contribution is -0.121. The SMILES string of the molecule is O=C(CCNC(=O)c1cccs1)NC[C@@H]1COc2ccccc2O1. The summed E-state index contributed by atoms with van der Waals surface area (Å²) in [6, 6.07) is 11.0. The molecule has 0 radical (unpaired) electrons. The first-order chi connectivity index (χ1) is 11.7. The van der Waals surface area contributed by atoms with Gasteiger partial charge in [-0.3, -0.25) is 9.59 Å². The molecule has 6 nitrogen and oxygen atoms in total. The highest BCUT2D eigenvalue weighted by atomic mass is 32.1. The van der Waals surface area contributed by atoms with Crippen LogP contribution in [-0.4, -0.2) is 37.6 Å². The van der Waals surface area contributed by atoms with E-state index in [0.717, 1.165) is 5.75 Å². The largest absolute Gasteiger partial charge is 0.486 e. The third-order valence-corrected chi connectivity index (χ3v) is 4.35. The first-order valence-electron chi connectivity index (χ1n) is 7.69. The Labute approximate surface area is 143 Å². The Morgan fingerprint density at radius 1 is 1.12 bits per heavy atom. The minimum atomic E-state index is -0.218. The second kappa shape index (κ2) is 7.83. The van der Waals surface area contributed by atoms with E-state index in [-0.39, 0.29) is 24.3 Å². The highest BCUT2D eigenvalue weighted by molar-refractivity contribution is 7.12. The molecule has 1 aliphatic rings. The maximum Gasteiger partial charge on any atom is 0.261 e. The zero-order valence-corrected chi connectivity index (χ0v) is 13.8. The molecule has 0 unspecified atom stereocenters. The average Bonchev–Trinajstić information content (AvgIpc) is 3.14. The van der Waals surface area contributed by atoms with Gasteiger partial charge in [-0.05, 0) is 23.6 Å². The van der Waals surface area contributed by atoms with Crippen molar-refractivity contribution in [3.8, 4) is 11.5 Å². The van der Waals surface area contributed by atoms with Crippen LogP contribution in [0.15, 0.2) is 41.8 Å². The lowest BCUT2D eigenvalue weighted by Gasteiger charge is -2.26. The number of rotatable bonds is 6. The molecule has 2 heterocycles. The molecular weight excluding hydrogens is 328 g/mol. The van der Waals surface area contributed by atoms with Gasteiger partial charge in [0.25, 0.3) is 5.91 Å². The van der Waals surface area contributed by atoms with E-state index < -0.39 is 0 Å². The molecule has 1 atom stereocenters. The summed E-state index contributed by atoms with van der Waals surface area (Å²) in [6.07, 6.45) is 0.00549. The van der Waals surface area contributed by atoms with Gasteiger partial charge in [0.15, 0.2) is 11.5 Å². The van der Waals surface area contributed by atoms with E-state index in [9.17, 15) is 9.59 Å². The highest BCUT2D eigenvalue weighted by Gasteiger charge is 2.20. The molecule has 3 rings (SSSR count). The molecule has 7 heteroatoms. The van der Waals surface area contributed by atoms with E-state index in [1.54, 1.807) is 6.07 Å². The maximum absolute atomic E-state index is 11.8. The topological polar surface area (TPSA) is 76.7 Å². The second-order valence-corrected chi connectivity index (χ2v) is 6.23. The van der Waals surface area contributed by atoms with Crippen molar-refractivity contribution in [2.75, 3.05) is 19.7 Å². The summed E-state index contributed by atoms with van der Waals surface area (Å²) < 4.78 is 11.4. The van der Waals surface area contributed by atoms with Crippen molar-refractivity contribution in [1.29, 1.82) is 0 Å². The van der Waals surface area contributed by atoms with Crippen molar-refractivity contribution in [3.05, 3.63) is 46.7 Å². The molecule has 0 bridgehead atoms. The van der Waals surface area contributed by atoms with Crippen molar-refractivity contribution >= 4 is 23.2 Å². The fourth-order valence-electron chi connectivity index (χ4n) is 2.26. The monoisotopic (exact) mass is 346 g/mol. The molecule has 0 saturated heterocycles. The van der Waals surface area contributed by atoms with Crippen LogP contribution in [0.1, 0.15) is 16.1 Å². The molecule has 1 aliphatic heterocycles. The number of carbonyl (C=O) groups is 2. The Kier molecular flexibility index (Phi) is 5.32. The maximum atomic E-state index is 11.8. The minimum Gasteiger partial charge on any atom is -0.486 e. The Morgan fingerprint density at radius 2 is 1.96 bits per heavy atom. The van der Waals surface area contributed by atoms with Gasteiger partial charge in [-0.1, -0.05) is 18.2 Å². The zero-order valence-electron chi connectivity index (χ0n) is 13.0. The predicted molar refractivity (Wildman–Crippen MR) is 90.6 cm³/mol. The number of carbonyl (C=O) groups excluding carboxylic acids is 2. The minimum absolute atomic E-state index is 0.135. The van der Waals surface area contributed by atoms with Gasteiger partial charge < -0.3 is 20.1 Å². The van der Waals surface area contributed by atoms with Crippen LogP contribution in [0.5, 0.6) is 11.5 Å². The van der Waals surface area contributed by atoms with E-state index in [4.69, 9.17) is 9.47 Å². The van der Waals surface area contributed by atoms with E-state index in [1.807, 2.05) is 35.7 Å². The van der Waals surface area contributed by atoms with E-state index in [1.165, 1.54) is 11.3 Å². The summed E-state index contributed by atoms with van der Waals surface area (Å²) in [5.41, 5.74) is 0. The van der Waals surface area contributed by atoms with Gasteiger partial charge in [-0.15, -0.1) is 11.3 Å².